The number of carbonyl (C=O) groups is 3. The first-order valence-electron chi connectivity index (χ1n) is 10.1. The van der Waals surface area contributed by atoms with Crippen LogP contribution in [-0.2, 0) is 4.74 Å². The van der Waals surface area contributed by atoms with E-state index in [0.717, 1.165) is 38.5 Å². The second kappa shape index (κ2) is 8.73. The first kappa shape index (κ1) is 20.2. The molecule has 0 spiro atoms. The molecule has 8 nitrogen and oxygen atoms in total. The van der Waals surface area contributed by atoms with Crippen molar-refractivity contribution in [1.82, 2.24) is 14.8 Å². The van der Waals surface area contributed by atoms with Crippen molar-refractivity contribution in [3.8, 4) is 0 Å². The molecule has 1 aromatic carbocycles. The molecule has 0 radical (unpaired) electrons. The number of aromatic nitrogens is 1. The van der Waals surface area contributed by atoms with Crippen molar-refractivity contribution in [2.24, 2.45) is 0 Å². The second-order valence-electron chi connectivity index (χ2n) is 7.45. The van der Waals surface area contributed by atoms with Gasteiger partial charge in [0.15, 0.2) is 0 Å². The quantitative estimate of drug-likeness (QED) is 0.735. The molecule has 0 bridgehead atoms. The van der Waals surface area contributed by atoms with E-state index in [4.69, 9.17) is 4.74 Å². The van der Waals surface area contributed by atoms with Crippen molar-refractivity contribution in [3.05, 3.63) is 58.8 Å². The van der Waals surface area contributed by atoms with Gasteiger partial charge in [0, 0.05) is 37.4 Å². The Morgan fingerprint density at radius 2 is 1.83 bits per heavy atom. The fourth-order valence-electron chi connectivity index (χ4n) is 3.71. The molecule has 1 fully saturated rings. The average molecular weight is 408 g/mol. The lowest BCUT2D eigenvalue weighted by molar-refractivity contribution is 0.0355. The third-order valence-electron chi connectivity index (χ3n) is 5.32. The molecule has 2 aromatic rings. The van der Waals surface area contributed by atoms with Gasteiger partial charge in [0.2, 0.25) is 0 Å². The Kier molecular flexibility index (Phi) is 5.87. The number of carbonyl (C=O) groups excluding carboxylic acids is 3. The minimum atomic E-state index is -0.373. The lowest BCUT2D eigenvalue weighted by atomic mass is 10.1. The van der Waals surface area contributed by atoms with Crippen LogP contribution in [0, 0.1) is 6.92 Å². The summed E-state index contributed by atoms with van der Waals surface area (Å²) in [6.45, 7) is 6.19. The summed E-state index contributed by atoms with van der Waals surface area (Å²) in [6.07, 6.45) is 0.706. The largest absolute Gasteiger partial charge is 0.379 e. The lowest BCUT2D eigenvalue weighted by Gasteiger charge is -2.27. The minimum absolute atomic E-state index is 0.274. The summed E-state index contributed by atoms with van der Waals surface area (Å²) in [4.78, 5) is 45.8. The summed E-state index contributed by atoms with van der Waals surface area (Å²) in [5.74, 6) is -0.584. The fraction of sp³-hybridized carbons (Fsp3) is 0.364. The van der Waals surface area contributed by atoms with Crippen LogP contribution in [0.25, 0.3) is 0 Å². The predicted octanol–water partition coefficient (Wildman–Crippen LogP) is 1.96. The van der Waals surface area contributed by atoms with Crippen LogP contribution in [0.15, 0.2) is 36.4 Å². The van der Waals surface area contributed by atoms with E-state index in [1.165, 1.54) is 11.0 Å². The topological polar surface area (TPSA) is 91.8 Å². The summed E-state index contributed by atoms with van der Waals surface area (Å²) in [5, 5.41) is 2.72. The van der Waals surface area contributed by atoms with Gasteiger partial charge in [-0.2, -0.15) is 0 Å². The van der Waals surface area contributed by atoms with Gasteiger partial charge in [-0.3, -0.25) is 24.2 Å². The van der Waals surface area contributed by atoms with Gasteiger partial charge < -0.3 is 10.1 Å². The molecule has 3 amide bonds. The molecule has 156 valence electrons. The van der Waals surface area contributed by atoms with Gasteiger partial charge in [0.05, 0.1) is 24.3 Å². The van der Waals surface area contributed by atoms with E-state index in [1.807, 2.05) is 13.0 Å². The van der Waals surface area contributed by atoms with Crippen molar-refractivity contribution in [2.75, 3.05) is 44.7 Å². The Balaban J connectivity index is 1.41. The van der Waals surface area contributed by atoms with E-state index >= 15 is 0 Å². The van der Waals surface area contributed by atoms with Crippen molar-refractivity contribution in [2.45, 2.75) is 13.3 Å². The summed E-state index contributed by atoms with van der Waals surface area (Å²) in [5.41, 5.74) is 1.72. The molecular weight excluding hydrogens is 384 g/mol. The highest BCUT2D eigenvalue weighted by molar-refractivity contribution is 6.22. The number of pyridine rings is 1. The van der Waals surface area contributed by atoms with E-state index in [-0.39, 0.29) is 23.3 Å². The molecule has 1 saturated heterocycles. The van der Waals surface area contributed by atoms with Gasteiger partial charge >= 0.3 is 0 Å². The Morgan fingerprint density at radius 1 is 1.07 bits per heavy atom. The molecule has 30 heavy (non-hydrogen) atoms. The summed E-state index contributed by atoms with van der Waals surface area (Å²) < 4.78 is 5.33. The number of nitrogens with one attached hydrogen (secondary N) is 1. The summed E-state index contributed by atoms with van der Waals surface area (Å²) >= 11 is 0. The standard InChI is InChI=1S/C22H24N4O4/c1-15-4-2-5-19(23-15)24-20(27)16-6-7-17-18(14-16)22(29)26(21(17)28)9-3-8-25-10-12-30-13-11-25/h2,4-7,14H,3,8-13H2,1H3,(H,23,24,27). The monoisotopic (exact) mass is 408 g/mol. The fourth-order valence-corrected chi connectivity index (χ4v) is 3.71. The normalized spacial score (nSPS) is 16.6. The molecule has 0 aliphatic carbocycles. The van der Waals surface area contributed by atoms with Crippen LogP contribution in [0.2, 0.25) is 0 Å². The number of morpholine rings is 1. The maximum absolute atomic E-state index is 12.8. The number of fused-ring (bicyclic) bond motifs is 1. The zero-order chi connectivity index (χ0) is 21.1. The van der Waals surface area contributed by atoms with Crippen molar-refractivity contribution in [1.29, 1.82) is 0 Å². The highest BCUT2D eigenvalue weighted by Crippen LogP contribution is 2.24. The number of anilines is 1. The maximum Gasteiger partial charge on any atom is 0.261 e. The molecule has 0 unspecified atom stereocenters. The summed E-state index contributed by atoms with van der Waals surface area (Å²) in [7, 11) is 0. The zero-order valence-corrected chi connectivity index (χ0v) is 16.9. The third kappa shape index (κ3) is 4.24. The van der Waals surface area contributed by atoms with Crippen LogP contribution in [0.4, 0.5) is 5.82 Å². The molecule has 4 rings (SSSR count). The molecule has 1 N–H and O–H groups in total. The van der Waals surface area contributed by atoms with Crippen molar-refractivity contribution < 1.29 is 19.1 Å². The van der Waals surface area contributed by atoms with Gasteiger partial charge in [-0.1, -0.05) is 6.07 Å². The minimum Gasteiger partial charge on any atom is -0.379 e. The number of hydrogen-bond donors (Lipinski definition) is 1. The van der Waals surface area contributed by atoms with E-state index in [0.29, 0.717) is 29.9 Å². The summed E-state index contributed by atoms with van der Waals surface area (Å²) in [6, 6.07) is 9.94. The van der Waals surface area contributed by atoms with Crippen LogP contribution in [0.3, 0.4) is 0 Å². The average Bonchev–Trinajstić information content (AvgIpc) is 2.99. The molecule has 1 aromatic heterocycles. The SMILES string of the molecule is Cc1cccc(NC(=O)c2ccc3c(c2)C(=O)N(CCCN2CCOCC2)C3=O)n1. The van der Waals surface area contributed by atoms with Crippen LogP contribution < -0.4 is 5.32 Å². The molecule has 2 aliphatic rings. The number of ether oxygens (including phenoxy) is 1. The highest BCUT2D eigenvalue weighted by atomic mass is 16.5. The van der Waals surface area contributed by atoms with Gasteiger partial charge in [0.1, 0.15) is 5.82 Å². The third-order valence-corrected chi connectivity index (χ3v) is 5.32. The second-order valence-corrected chi connectivity index (χ2v) is 7.45. The molecule has 3 heterocycles. The Bertz CT molecular complexity index is 985. The molecule has 8 heteroatoms. The molecule has 0 saturated carbocycles. The number of nitrogens with zero attached hydrogens (tertiary/aromatic N) is 3. The van der Waals surface area contributed by atoms with Crippen LogP contribution in [-0.4, -0.2) is 71.9 Å². The van der Waals surface area contributed by atoms with E-state index < -0.39 is 0 Å². The number of amides is 3. The first-order chi connectivity index (χ1) is 14.5. The maximum atomic E-state index is 12.8. The predicted molar refractivity (Wildman–Crippen MR) is 111 cm³/mol. The van der Waals surface area contributed by atoms with Crippen molar-refractivity contribution >= 4 is 23.5 Å². The number of hydrogen-bond acceptors (Lipinski definition) is 6. The Morgan fingerprint density at radius 3 is 2.60 bits per heavy atom. The van der Waals surface area contributed by atoms with E-state index in [9.17, 15) is 14.4 Å². The first-order valence-corrected chi connectivity index (χ1v) is 10.1. The highest BCUT2D eigenvalue weighted by Gasteiger charge is 2.35. The molecular formula is C22H24N4O4. The molecule has 0 atom stereocenters. The number of imide groups is 1. The Labute approximate surface area is 174 Å². The lowest BCUT2D eigenvalue weighted by Crippen LogP contribution is -2.39. The van der Waals surface area contributed by atoms with Crippen molar-refractivity contribution in [3.63, 3.8) is 0 Å². The van der Waals surface area contributed by atoms with Crippen LogP contribution in [0.5, 0.6) is 0 Å². The molecule has 2 aliphatic heterocycles. The number of aryl methyl sites for hydroxylation is 1. The van der Waals surface area contributed by atoms with E-state index in [1.54, 1.807) is 24.3 Å². The van der Waals surface area contributed by atoms with Gasteiger partial charge in [-0.15, -0.1) is 0 Å². The van der Waals surface area contributed by atoms with E-state index in [2.05, 4.69) is 15.2 Å². The van der Waals surface area contributed by atoms with Crippen LogP contribution >= 0.6 is 0 Å². The Hall–Kier alpha value is -3.10. The van der Waals surface area contributed by atoms with Gasteiger partial charge in [-0.05, 0) is 43.7 Å². The smallest absolute Gasteiger partial charge is 0.261 e. The van der Waals surface area contributed by atoms with Gasteiger partial charge in [0.25, 0.3) is 17.7 Å². The van der Waals surface area contributed by atoms with Gasteiger partial charge in [-0.25, -0.2) is 4.98 Å². The zero-order valence-electron chi connectivity index (χ0n) is 16.9. The van der Waals surface area contributed by atoms with Crippen LogP contribution in [0.1, 0.15) is 43.2 Å². The number of rotatable bonds is 6. The number of benzene rings is 1.